The molecule has 4 heteroatoms. The first-order valence-corrected chi connectivity index (χ1v) is 7.92. The van der Waals surface area contributed by atoms with Gasteiger partial charge in [0, 0.05) is 21.6 Å². The van der Waals surface area contributed by atoms with Crippen molar-refractivity contribution in [3.05, 3.63) is 32.7 Å². The molecule has 0 saturated carbocycles. The van der Waals surface area contributed by atoms with Crippen LogP contribution < -0.4 is 5.32 Å². The summed E-state index contributed by atoms with van der Waals surface area (Å²) >= 11 is 7.05. The molecule has 0 radical (unpaired) electrons. The Hall–Kier alpha value is 0.1000. The van der Waals surface area contributed by atoms with Crippen molar-refractivity contribution in [2.24, 2.45) is 5.92 Å². The molecule has 0 heterocycles. The molecule has 2 atom stereocenters. The molecule has 0 aromatic heterocycles. The summed E-state index contributed by atoms with van der Waals surface area (Å²) in [5.41, 5.74) is 1.27. The van der Waals surface area contributed by atoms with Crippen molar-refractivity contribution in [1.82, 2.24) is 5.32 Å². The highest BCUT2D eigenvalue weighted by atomic mass is 79.9. The van der Waals surface area contributed by atoms with Crippen LogP contribution in [0.5, 0.6) is 0 Å². The number of hydrogen-bond donors (Lipinski definition) is 2. The van der Waals surface area contributed by atoms with E-state index in [1.807, 2.05) is 0 Å². The molecule has 0 fully saturated rings. The number of halogens is 2. The van der Waals surface area contributed by atoms with Gasteiger partial charge in [0.25, 0.3) is 0 Å². The lowest BCUT2D eigenvalue weighted by molar-refractivity contribution is 0.227. The van der Waals surface area contributed by atoms with Crippen LogP contribution in [-0.4, -0.2) is 18.3 Å². The Balaban J connectivity index is 2.38. The van der Waals surface area contributed by atoms with Gasteiger partial charge in [-0.1, -0.05) is 44.8 Å². The van der Waals surface area contributed by atoms with Gasteiger partial charge in [0.05, 0.1) is 0 Å². The van der Waals surface area contributed by atoms with E-state index in [9.17, 15) is 0 Å². The van der Waals surface area contributed by atoms with Gasteiger partial charge in [-0.25, -0.2) is 0 Å². The van der Waals surface area contributed by atoms with E-state index in [1.165, 1.54) is 5.56 Å². The Kier molecular flexibility index (Phi) is 7.46. The fraction of sp³-hybridized carbons (Fsp3) is 0.571. The number of aliphatic hydroxyl groups is 1. The monoisotopic (exact) mass is 377 g/mol. The Labute approximate surface area is 126 Å². The maximum Gasteiger partial charge on any atom is 0.0456 e. The molecule has 2 nitrogen and oxygen atoms in total. The second-order valence-electron chi connectivity index (χ2n) is 4.77. The van der Waals surface area contributed by atoms with Crippen molar-refractivity contribution in [2.45, 2.75) is 32.7 Å². The van der Waals surface area contributed by atoms with E-state index in [0.29, 0.717) is 12.0 Å². The molecule has 18 heavy (non-hydrogen) atoms. The van der Waals surface area contributed by atoms with Crippen molar-refractivity contribution in [1.29, 1.82) is 0 Å². The van der Waals surface area contributed by atoms with Crippen molar-refractivity contribution in [3.8, 4) is 0 Å². The third-order valence-electron chi connectivity index (χ3n) is 3.06. The number of benzene rings is 1. The van der Waals surface area contributed by atoms with Crippen LogP contribution >= 0.6 is 31.9 Å². The second kappa shape index (κ2) is 8.31. The van der Waals surface area contributed by atoms with Gasteiger partial charge in [0.2, 0.25) is 0 Å². The first kappa shape index (κ1) is 16.2. The van der Waals surface area contributed by atoms with E-state index >= 15 is 0 Å². The normalized spacial score (nSPS) is 14.5. The number of hydrogen-bond acceptors (Lipinski definition) is 2. The minimum absolute atomic E-state index is 0.286. The molecule has 1 aromatic carbocycles. The van der Waals surface area contributed by atoms with E-state index in [-0.39, 0.29) is 6.61 Å². The minimum atomic E-state index is 0.286. The van der Waals surface area contributed by atoms with Crippen LogP contribution in [0.2, 0.25) is 0 Å². The fourth-order valence-electron chi connectivity index (χ4n) is 1.82. The van der Waals surface area contributed by atoms with Gasteiger partial charge in [-0.2, -0.15) is 0 Å². The number of nitrogens with one attached hydrogen (secondary N) is 1. The third kappa shape index (κ3) is 5.39. The van der Waals surface area contributed by atoms with Crippen molar-refractivity contribution < 1.29 is 5.11 Å². The van der Waals surface area contributed by atoms with Gasteiger partial charge in [-0.3, -0.25) is 0 Å². The van der Waals surface area contributed by atoms with E-state index < -0.39 is 0 Å². The van der Waals surface area contributed by atoms with Crippen molar-refractivity contribution in [3.63, 3.8) is 0 Å². The molecule has 0 amide bonds. The Morgan fingerprint density at radius 1 is 1.28 bits per heavy atom. The first-order chi connectivity index (χ1) is 8.54. The van der Waals surface area contributed by atoms with Crippen LogP contribution in [0, 0.1) is 5.92 Å². The summed E-state index contributed by atoms with van der Waals surface area (Å²) in [5.74, 6) is 0.404. The zero-order valence-corrected chi connectivity index (χ0v) is 14.1. The third-order valence-corrected chi connectivity index (χ3v) is 4.24. The Morgan fingerprint density at radius 3 is 2.61 bits per heavy atom. The van der Waals surface area contributed by atoms with Gasteiger partial charge in [-0.15, -0.1) is 0 Å². The summed E-state index contributed by atoms with van der Waals surface area (Å²) in [5, 5.41) is 12.5. The minimum Gasteiger partial charge on any atom is -0.396 e. The molecule has 0 aliphatic rings. The van der Waals surface area contributed by atoms with Crippen LogP contribution in [0.4, 0.5) is 0 Å². The fourth-order valence-corrected chi connectivity index (χ4v) is 3.21. The summed E-state index contributed by atoms with van der Waals surface area (Å²) < 4.78 is 2.21. The number of rotatable bonds is 7. The largest absolute Gasteiger partial charge is 0.396 e. The summed E-state index contributed by atoms with van der Waals surface area (Å²) in [7, 11) is 0. The molecule has 0 aliphatic heterocycles. The maximum atomic E-state index is 8.95. The zero-order chi connectivity index (χ0) is 13.5. The lowest BCUT2D eigenvalue weighted by atomic mass is 10.1. The topological polar surface area (TPSA) is 32.3 Å². The average Bonchev–Trinajstić information content (AvgIpc) is 2.34. The Morgan fingerprint density at radius 2 is 2.00 bits per heavy atom. The molecule has 0 saturated heterocycles. The van der Waals surface area contributed by atoms with Gasteiger partial charge in [0.1, 0.15) is 0 Å². The highest BCUT2D eigenvalue weighted by Crippen LogP contribution is 2.26. The lowest BCUT2D eigenvalue weighted by Gasteiger charge is -2.16. The number of aliphatic hydroxyl groups excluding tert-OH is 1. The SMILES string of the molecule is CC(CO)CCCNC(C)c1ccc(Br)cc1Br. The van der Waals surface area contributed by atoms with Gasteiger partial charge >= 0.3 is 0 Å². The van der Waals surface area contributed by atoms with Crippen LogP contribution in [0.1, 0.15) is 38.3 Å². The average molecular weight is 379 g/mol. The van der Waals surface area contributed by atoms with Crippen LogP contribution in [0.3, 0.4) is 0 Å². The second-order valence-corrected chi connectivity index (χ2v) is 6.54. The molecule has 1 aromatic rings. The molecule has 2 unspecified atom stereocenters. The zero-order valence-electron chi connectivity index (χ0n) is 10.9. The smallest absolute Gasteiger partial charge is 0.0456 e. The summed E-state index contributed by atoms with van der Waals surface area (Å²) in [6.45, 7) is 5.51. The highest BCUT2D eigenvalue weighted by Gasteiger charge is 2.09. The highest BCUT2D eigenvalue weighted by molar-refractivity contribution is 9.11. The lowest BCUT2D eigenvalue weighted by Crippen LogP contribution is -2.20. The van der Waals surface area contributed by atoms with Gasteiger partial charge in [0.15, 0.2) is 0 Å². The summed E-state index contributed by atoms with van der Waals surface area (Å²) in [4.78, 5) is 0. The van der Waals surface area contributed by atoms with E-state index in [1.54, 1.807) is 0 Å². The van der Waals surface area contributed by atoms with Crippen molar-refractivity contribution >= 4 is 31.9 Å². The molecule has 1 rings (SSSR count). The van der Waals surface area contributed by atoms with Gasteiger partial charge < -0.3 is 10.4 Å². The quantitative estimate of drug-likeness (QED) is 0.694. The van der Waals surface area contributed by atoms with Crippen LogP contribution in [0.25, 0.3) is 0 Å². The van der Waals surface area contributed by atoms with Gasteiger partial charge in [-0.05, 0) is 49.9 Å². The molecular formula is C14H21Br2NO. The van der Waals surface area contributed by atoms with Crippen molar-refractivity contribution in [2.75, 3.05) is 13.2 Å². The first-order valence-electron chi connectivity index (χ1n) is 6.33. The van der Waals surface area contributed by atoms with E-state index in [0.717, 1.165) is 28.3 Å². The van der Waals surface area contributed by atoms with E-state index in [2.05, 4.69) is 69.2 Å². The Bertz CT molecular complexity index is 371. The molecule has 0 spiro atoms. The van der Waals surface area contributed by atoms with Crippen LogP contribution in [-0.2, 0) is 0 Å². The molecule has 102 valence electrons. The predicted molar refractivity (Wildman–Crippen MR) is 83.7 cm³/mol. The molecule has 2 N–H and O–H groups in total. The summed E-state index contributed by atoms with van der Waals surface area (Å²) in [6, 6.07) is 6.59. The summed E-state index contributed by atoms with van der Waals surface area (Å²) in [6.07, 6.45) is 2.16. The standard InChI is InChI=1S/C14H21Br2NO/c1-10(9-18)4-3-7-17-11(2)13-6-5-12(15)8-14(13)16/h5-6,8,10-11,17-18H,3-4,7,9H2,1-2H3. The molecule has 0 aliphatic carbocycles. The molecular weight excluding hydrogens is 358 g/mol. The molecule has 0 bridgehead atoms. The van der Waals surface area contributed by atoms with Crippen LogP contribution in [0.15, 0.2) is 27.1 Å². The van der Waals surface area contributed by atoms with E-state index in [4.69, 9.17) is 5.11 Å². The maximum absolute atomic E-state index is 8.95. The predicted octanol–water partition coefficient (Wildman–Crippen LogP) is 4.27.